The third-order valence-corrected chi connectivity index (χ3v) is 2.90. The fraction of sp³-hybridized carbons (Fsp3) is 0.857. The summed E-state index contributed by atoms with van der Waals surface area (Å²) >= 11 is 0. The molecular formula is C14H26O4. The normalized spacial score (nSPS) is 14.2. The van der Waals surface area contributed by atoms with Crippen molar-refractivity contribution in [2.45, 2.75) is 66.1 Å². The molecule has 0 bridgehead atoms. The van der Waals surface area contributed by atoms with Gasteiger partial charge in [-0.05, 0) is 20.8 Å². The van der Waals surface area contributed by atoms with Crippen LogP contribution in [0.1, 0.15) is 54.4 Å². The molecule has 1 atom stereocenters. The highest BCUT2D eigenvalue weighted by Gasteiger charge is 2.37. The van der Waals surface area contributed by atoms with E-state index in [4.69, 9.17) is 9.47 Å². The van der Waals surface area contributed by atoms with Crippen LogP contribution in [0.25, 0.3) is 0 Å². The van der Waals surface area contributed by atoms with E-state index in [-0.39, 0.29) is 18.2 Å². The lowest BCUT2D eigenvalue weighted by atomic mass is 9.79. The largest absolute Gasteiger partial charge is 0.460 e. The predicted molar refractivity (Wildman–Crippen MR) is 70.3 cm³/mol. The number of rotatable bonds is 6. The Balaban J connectivity index is 4.71. The summed E-state index contributed by atoms with van der Waals surface area (Å²) < 4.78 is 10.5. The molecule has 0 aliphatic heterocycles. The first-order valence-corrected chi connectivity index (χ1v) is 6.32. The third-order valence-electron chi connectivity index (χ3n) is 2.90. The Morgan fingerprint density at radius 2 is 1.61 bits per heavy atom. The van der Waals surface area contributed by atoms with Crippen LogP contribution in [0.3, 0.4) is 0 Å². The summed E-state index contributed by atoms with van der Waals surface area (Å²) in [7, 11) is 1.51. The SMILES string of the molecule is CCC(=O)C(C)(C)C(CC(=O)OC(C)(C)C)OC. The summed E-state index contributed by atoms with van der Waals surface area (Å²) in [5.74, 6) is -0.260. The third kappa shape index (κ3) is 5.17. The average Bonchev–Trinajstić information content (AvgIpc) is 2.21. The lowest BCUT2D eigenvalue weighted by molar-refractivity contribution is -0.160. The lowest BCUT2D eigenvalue weighted by Crippen LogP contribution is -2.40. The zero-order valence-electron chi connectivity index (χ0n) is 12.6. The first-order valence-electron chi connectivity index (χ1n) is 6.32. The van der Waals surface area contributed by atoms with Gasteiger partial charge in [-0.15, -0.1) is 0 Å². The van der Waals surface area contributed by atoms with Gasteiger partial charge >= 0.3 is 5.97 Å². The second-order valence-electron chi connectivity index (χ2n) is 6.01. The molecule has 0 amide bonds. The van der Waals surface area contributed by atoms with E-state index in [0.717, 1.165) is 0 Å². The fourth-order valence-electron chi connectivity index (χ4n) is 1.80. The van der Waals surface area contributed by atoms with Gasteiger partial charge in [0.1, 0.15) is 11.4 Å². The van der Waals surface area contributed by atoms with Gasteiger partial charge in [0.05, 0.1) is 17.9 Å². The van der Waals surface area contributed by atoms with Gasteiger partial charge in [0.2, 0.25) is 0 Å². The molecule has 0 saturated heterocycles. The highest BCUT2D eigenvalue weighted by atomic mass is 16.6. The van der Waals surface area contributed by atoms with Crippen LogP contribution in [0, 0.1) is 5.41 Å². The van der Waals surface area contributed by atoms with Crippen LogP contribution in [0.4, 0.5) is 0 Å². The molecule has 4 heteroatoms. The van der Waals surface area contributed by atoms with Gasteiger partial charge in [-0.3, -0.25) is 9.59 Å². The minimum absolute atomic E-state index is 0.0814. The van der Waals surface area contributed by atoms with E-state index in [1.807, 2.05) is 27.7 Å². The zero-order chi connectivity index (χ0) is 14.6. The molecule has 18 heavy (non-hydrogen) atoms. The number of Topliss-reactive ketones (excluding diaryl/α,β-unsaturated/α-hetero) is 1. The van der Waals surface area contributed by atoms with Gasteiger partial charge in [0.15, 0.2) is 0 Å². The van der Waals surface area contributed by atoms with Crippen molar-refractivity contribution in [2.75, 3.05) is 7.11 Å². The highest BCUT2D eigenvalue weighted by Crippen LogP contribution is 2.28. The number of ketones is 1. The molecule has 106 valence electrons. The Morgan fingerprint density at radius 3 is 1.94 bits per heavy atom. The van der Waals surface area contributed by atoms with Crippen molar-refractivity contribution < 1.29 is 19.1 Å². The molecule has 0 spiro atoms. The molecule has 0 aliphatic carbocycles. The molecule has 1 unspecified atom stereocenters. The smallest absolute Gasteiger partial charge is 0.308 e. The molecule has 0 heterocycles. The van der Waals surface area contributed by atoms with Crippen molar-refractivity contribution in [3.63, 3.8) is 0 Å². The molecule has 0 saturated carbocycles. The number of carbonyl (C=O) groups excluding carboxylic acids is 2. The second kappa shape index (κ2) is 6.32. The van der Waals surface area contributed by atoms with Crippen LogP contribution in [-0.4, -0.2) is 30.6 Å². The predicted octanol–water partition coefficient (Wildman–Crippen LogP) is 2.74. The molecule has 0 radical (unpaired) electrons. The Bertz CT molecular complexity index is 299. The van der Waals surface area contributed by atoms with Crippen LogP contribution < -0.4 is 0 Å². The maximum atomic E-state index is 11.9. The molecule has 0 aromatic rings. The van der Waals surface area contributed by atoms with Crippen molar-refractivity contribution >= 4 is 11.8 Å². The number of hydrogen-bond donors (Lipinski definition) is 0. The van der Waals surface area contributed by atoms with Gasteiger partial charge in [-0.25, -0.2) is 0 Å². The molecule has 0 rings (SSSR count). The highest BCUT2D eigenvalue weighted by molar-refractivity contribution is 5.85. The van der Waals surface area contributed by atoms with Crippen LogP contribution in [0.5, 0.6) is 0 Å². The van der Waals surface area contributed by atoms with E-state index in [1.54, 1.807) is 13.8 Å². The molecule has 0 aromatic heterocycles. The monoisotopic (exact) mass is 258 g/mol. The van der Waals surface area contributed by atoms with E-state index in [0.29, 0.717) is 6.42 Å². The van der Waals surface area contributed by atoms with Gasteiger partial charge in [0.25, 0.3) is 0 Å². The average molecular weight is 258 g/mol. The summed E-state index contributed by atoms with van der Waals surface area (Å²) in [5, 5.41) is 0. The van der Waals surface area contributed by atoms with Crippen molar-refractivity contribution in [1.82, 2.24) is 0 Å². The maximum absolute atomic E-state index is 11.9. The first kappa shape index (κ1) is 17.1. The van der Waals surface area contributed by atoms with Crippen LogP contribution in [-0.2, 0) is 19.1 Å². The number of ether oxygens (including phenoxy) is 2. The molecule has 0 aliphatic rings. The zero-order valence-corrected chi connectivity index (χ0v) is 12.6. The van der Waals surface area contributed by atoms with E-state index >= 15 is 0 Å². The van der Waals surface area contributed by atoms with Gasteiger partial charge in [-0.1, -0.05) is 20.8 Å². The molecule has 0 fully saturated rings. The summed E-state index contributed by atoms with van der Waals surface area (Å²) in [6.45, 7) is 10.9. The van der Waals surface area contributed by atoms with Crippen LogP contribution >= 0.6 is 0 Å². The number of hydrogen-bond acceptors (Lipinski definition) is 4. The van der Waals surface area contributed by atoms with E-state index in [2.05, 4.69) is 0 Å². The van der Waals surface area contributed by atoms with Crippen molar-refractivity contribution in [3.8, 4) is 0 Å². The quantitative estimate of drug-likeness (QED) is 0.687. The number of esters is 1. The van der Waals surface area contributed by atoms with Crippen LogP contribution in [0.2, 0.25) is 0 Å². The fourth-order valence-corrected chi connectivity index (χ4v) is 1.80. The van der Waals surface area contributed by atoms with E-state index in [1.165, 1.54) is 7.11 Å². The first-order chi connectivity index (χ1) is 8.04. The maximum Gasteiger partial charge on any atom is 0.308 e. The minimum Gasteiger partial charge on any atom is -0.460 e. The number of carbonyl (C=O) groups is 2. The Morgan fingerprint density at radius 1 is 1.11 bits per heavy atom. The number of methoxy groups -OCH3 is 1. The van der Waals surface area contributed by atoms with Crippen molar-refractivity contribution in [3.05, 3.63) is 0 Å². The van der Waals surface area contributed by atoms with E-state index in [9.17, 15) is 9.59 Å². The van der Waals surface area contributed by atoms with Crippen molar-refractivity contribution in [1.29, 1.82) is 0 Å². The topological polar surface area (TPSA) is 52.6 Å². The van der Waals surface area contributed by atoms with Gasteiger partial charge in [0, 0.05) is 13.5 Å². The van der Waals surface area contributed by atoms with Crippen molar-refractivity contribution in [2.24, 2.45) is 5.41 Å². The van der Waals surface area contributed by atoms with Gasteiger partial charge < -0.3 is 9.47 Å². The summed E-state index contributed by atoms with van der Waals surface area (Å²) in [4.78, 5) is 23.6. The summed E-state index contributed by atoms with van der Waals surface area (Å²) in [5.41, 5.74) is -1.20. The Hall–Kier alpha value is -0.900. The Labute approximate surface area is 110 Å². The Kier molecular flexibility index (Phi) is 6.00. The summed E-state index contributed by atoms with van der Waals surface area (Å²) in [6, 6.07) is 0. The lowest BCUT2D eigenvalue weighted by Gasteiger charge is -2.32. The summed E-state index contributed by atoms with van der Waals surface area (Å²) in [6.07, 6.45) is 0.0630. The molecule has 0 aromatic carbocycles. The molecular weight excluding hydrogens is 232 g/mol. The second-order valence-corrected chi connectivity index (χ2v) is 6.01. The van der Waals surface area contributed by atoms with Gasteiger partial charge in [-0.2, -0.15) is 0 Å². The molecule has 4 nitrogen and oxygen atoms in total. The van der Waals surface area contributed by atoms with Crippen LogP contribution in [0.15, 0.2) is 0 Å². The molecule has 0 N–H and O–H groups in total. The standard InChI is InChI=1S/C14H26O4/c1-8-10(15)14(5,6)11(17-7)9-12(16)18-13(2,3)4/h11H,8-9H2,1-7H3. The minimum atomic E-state index is -0.680. The van der Waals surface area contributed by atoms with E-state index < -0.39 is 17.1 Å².